The molecule has 3 nitrogen and oxygen atoms in total. The molecule has 0 aromatic carbocycles. The number of nitrogens with one attached hydrogen (secondary N) is 1. The first-order valence-corrected chi connectivity index (χ1v) is 6.51. The van der Waals surface area contributed by atoms with E-state index in [9.17, 15) is 0 Å². The highest BCUT2D eigenvalue weighted by molar-refractivity contribution is 7.16. The molecule has 0 aliphatic carbocycles. The average Bonchev–Trinajstić information content (AvgIpc) is 2.89. The molecule has 5 heteroatoms. The molecule has 1 aromatic heterocycles. The van der Waals surface area contributed by atoms with Crippen molar-refractivity contribution in [3.05, 3.63) is 21.3 Å². The Morgan fingerprint density at radius 2 is 2.50 bits per heavy atom. The highest BCUT2D eigenvalue weighted by atomic mass is 35.5. The summed E-state index contributed by atoms with van der Waals surface area (Å²) in [5.74, 6) is 0. The van der Waals surface area contributed by atoms with Gasteiger partial charge in [-0.1, -0.05) is 11.6 Å². The fourth-order valence-electron chi connectivity index (χ4n) is 1.82. The fourth-order valence-corrected chi connectivity index (χ4v) is 2.88. The van der Waals surface area contributed by atoms with Crippen molar-refractivity contribution in [1.29, 1.82) is 0 Å². The summed E-state index contributed by atoms with van der Waals surface area (Å²) >= 11 is 7.47. The maximum atomic E-state index is 5.87. The summed E-state index contributed by atoms with van der Waals surface area (Å²) in [7, 11) is 1.75. The Morgan fingerprint density at radius 3 is 3.06 bits per heavy atom. The highest BCUT2D eigenvalue weighted by Crippen LogP contribution is 2.23. The third kappa shape index (κ3) is 2.96. The van der Waals surface area contributed by atoms with Crippen molar-refractivity contribution >= 4 is 22.9 Å². The molecule has 1 fully saturated rings. The molecule has 16 heavy (non-hydrogen) atoms. The number of thiophene rings is 1. The van der Waals surface area contributed by atoms with Gasteiger partial charge in [0.1, 0.15) is 5.60 Å². The van der Waals surface area contributed by atoms with Gasteiger partial charge in [0.05, 0.1) is 10.9 Å². The molecule has 2 heterocycles. The number of hydrogen-bond donors (Lipinski definition) is 1. The molecule has 2 rings (SSSR count). The zero-order chi connectivity index (χ0) is 11.4. The van der Waals surface area contributed by atoms with Crippen LogP contribution >= 0.6 is 22.9 Å². The topological polar surface area (TPSA) is 30.5 Å². The molecule has 90 valence electrons. The molecule has 1 aromatic rings. The van der Waals surface area contributed by atoms with Gasteiger partial charge in [0.2, 0.25) is 0 Å². The molecule has 1 aliphatic heterocycles. The molecule has 0 radical (unpaired) electrons. The van der Waals surface area contributed by atoms with Crippen LogP contribution in [0.2, 0.25) is 4.34 Å². The van der Waals surface area contributed by atoms with Crippen molar-refractivity contribution in [2.24, 2.45) is 0 Å². The van der Waals surface area contributed by atoms with Crippen molar-refractivity contribution in [2.45, 2.75) is 18.6 Å². The van der Waals surface area contributed by atoms with E-state index in [1.54, 1.807) is 18.4 Å². The predicted molar refractivity (Wildman–Crippen MR) is 66.2 cm³/mol. The predicted octanol–water partition coefficient (Wildman–Crippen LogP) is 2.30. The summed E-state index contributed by atoms with van der Waals surface area (Å²) < 4.78 is 11.7. The lowest BCUT2D eigenvalue weighted by molar-refractivity contribution is -0.0158. The first kappa shape index (κ1) is 12.3. The van der Waals surface area contributed by atoms with E-state index in [1.807, 2.05) is 12.1 Å². The van der Waals surface area contributed by atoms with Crippen LogP contribution in [0.4, 0.5) is 0 Å². The molecule has 1 aliphatic rings. The van der Waals surface area contributed by atoms with Gasteiger partial charge in [0.15, 0.2) is 0 Å². The van der Waals surface area contributed by atoms with E-state index < -0.39 is 0 Å². The van der Waals surface area contributed by atoms with Gasteiger partial charge >= 0.3 is 0 Å². The van der Waals surface area contributed by atoms with E-state index >= 15 is 0 Å². The molecule has 1 unspecified atom stereocenters. The van der Waals surface area contributed by atoms with Gasteiger partial charge in [-0.05, 0) is 12.1 Å². The zero-order valence-electron chi connectivity index (χ0n) is 9.29. The van der Waals surface area contributed by atoms with Crippen molar-refractivity contribution in [1.82, 2.24) is 5.32 Å². The van der Waals surface area contributed by atoms with E-state index in [2.05, 4.69) is 5.32 Å². The lowest BCUT2D eigenvalue weighted by atomic mass is 10.0. The van der Waals surface area contributed by atoms with Gasteiger partial charge in [-0.15, -0.1) is 11.3 Å². The average molecular weight is 262 g/mol. The molecule has 1 atom stereocenters. The van der Waals surface area contributed by atoms with Gasteiger partial charge in [-0.3, -0.25) is 0 Å². The van der Waals surface area contributed by atoms with Gasteiger partial charge < -0.3 is 14.8 Å². The smallest absolute Gasteiger partial charge is 0.106 e. The summed E-state index contributed by atoms with van der Waals surface area (Å²) in [5, 5.41) is 3.40. The van der Waals surface area contributed by atoms with Crippen LogP contribution in [0.5, 0.6) is 0 Å². The van der Waals surface area contributed by atoms with Crippen LogP contribution < -0.4 is 5.32 Å². The second kappa shape index (κ2) is 5.47. The maximum absolute atomic E-state index is 5.87. The number of rotatable bonds is 5. The van der Waals surface area contributed by atoms with E-state index in [0.29, 0.717) is 6.61 Å². The number of ether oxygens (including phenoxy) is 2. The van der Waals surface area contributed by atoms with Gasteiger partial charge in [0, 0.05) is 38.1 Å². The minimum absolute atomic E-state index is 0.138. The lowest BCUT2D eigenvalue weighted by Crippen LogP contribution is -2.42. The van der Waals surface area contributed by atoms with Gasteiger partial charge in [-0.25, -0.2) is 0 Å². The Morgan fingerprint density at radius 1 is 1.62 bits per heavy atom. The van der Waals surface area contributed by atoms with Gasteiger partial charge in [-0.2, -0.15) is 0 Å². The molecule has 1 N–H and O–H groups in total. The molecule has 0 spiro atoms. The van der Waals surface area contributed by atoms with Crippen LogP contribution in [0.25, 0.3) is 0 Å². The third-order valence-electron chi connectivity index (χ3n) is 2.88. The number of hydrogen-bond acceptors (Lipinski definition) is 4. The number of methoxy groups -OCH3 is 1. The van der Waals surface area contributed by atoms with Crippen LogP contribution in [0.3, 0.4) is 0 Å². The van der Waals surface area contributed by atoms with Crippen molar-refractivity contribution < 1.29 is 9.47 Å². The Labute approximate surface area is 105 Å². The molecule has 0 bridgehead atoms. The second-order valence-corrected chi connectivity index (χ2v) is 5.80. The summed E-state index contributed by atoms with van der Waals surface area (Å²) in [4.78, 5) is 1.25. The standard InChI is InChI=1S/C11H16ClNO2S/c1-14-11(4-5-15-8-11)7-13-6-9-2-3-10(12)16-9/h2-3,13H,4-8H2,1H3. The Balaban J connectivity index is 1.78. The second-order valence-electron chi connectivity index (χ2n) is 4.00. The lowest BCUT2D eigenvalue weighted by Gasteiger charge is -2.25. The Hall–Kier alpha value is -0.130. The van der Waals surface area contributed by atoms with Gasteiger partial charge in [0.25, 0.3) is 0 Å². The quantitative estimate of drug-likeness (QED) is 0.882. The molecular weight excluding hydrogens is 246 g/mol. The molecule has 0 amide bonds. The molecule has 1 saturated heterocycles. The van der Waals surface area contributed by atoms with Crippen LogP contribution in [-0.2, 0) is 16.0 Å². The Bertz CT molecular complexity index is 336. The fraction of sp³-hybridized carbons (Fsp3) is 0.636. The first-order valence-electron chi connectivity index (χ1n) is 5.32. The SMILES string of the molecule is COC1(CNCc2ccc(Cl)s2)CCOC1. The summed E-state index contributed by atoms with van der Waals surface area (Å²) in [5.41, 5.74) is -0.138. The maximum Gasteiger partial charge on any atom is 0.106 e. The monoisotopic (exact) mass is 261 g/mol. The normalized spacial score (nSPS) is 25.1. The van der Waals surface area contributed by atoms with E-state index in [0.717, 1.165) is 30.5 Å². The van der Waals surface area contributed by atoms with Crippen LogP contribution in [0.1, 0.15) is 11.3 Å². The highest BCUT2D eigenvalue weighted by Gasteiger charge is 2.34. The van der Waals surface area contributed by atoms with Crippen LogP contribution in [0.15, 0.2) is 12.1 Å². The Kier molecular flexibility index (Phi) is 4.21. The largest absolute Gasteiger partial charge is 0.378 e. The van der Waals surface area contributed by atoms with Crippen LogP contribution in [0, 0.1) is 0 Å². The summed E-state index contributed by atoms with van der Waals surface area (Å²) in [6, 6.07) is 3.97. The summed E-state index contributed by atoms with van der Waals surface area (Å²) in [6.07, 6.45) is 0.960. The summed E-state index contributed by atoms with van der Waals surface area (Å²) in [6.45, 7) is 3.13. The van der Waals surface area contributed by atoms with Crippen molar-refractivity contribution in [3.63, 3.8) is 0 Å². The first-order chi connectivity index (χ1) is 7.74. The zero-order valence-corrected chi connectivity index (χ0v) is 10.9. The van der Waals surface area contributed by atoms with E-state index in [-0.39, 0.29) is 5.60 Å². The third-order valence-corrected chi connectivity index (χ3v) is 4.11. The number of halogens is 1. The van der Waals surface area contributed by atoms with Crippen molar-refractivity contribution in [2.75, 3.05) is 26.9 Å². The minimum atomic E-state index is -0.138. The molecule has 0 saturated carbocycles. The van der Waals surface area contributed by atoms with Crippen molar-refractivity contribution in [3.8, 4) is 0 Å². The molecular formula is C11H16ClNO2S. The van der Waals surface area contributed by atoms with E-state index in [1.165, 1.54) is 4.88 Å². The minimum Gasteiger partial charge on any atom is -0.378 e. The van der Waals surface area contributed by atoms with E-state index in [4.69, 9.17) is 21.1 Å². The van der Waals surface area contributed by atoms with Crippen LogP contribution in [-0.4, -0.2) is 32.5 Å².